The molecule has 1 aromatic carbocycles. The summed E-state index contributed by atoms with van der Waals surface area (Å²) in [5.74, 6) is 0. The van der Waals surface area contributed by atoms with Crippen molar-refractivity contribution < 1.29 is 0 Å². The second-order valence-corrected chi connectivity index (χ2v) is 5.37. The Hall–Kier alpha value is -0.540. The van der Waals surface area contributed by atoms with Crippen LogP contribution < -0.4 is 10.6 Å². The van der Waals surface area contributed by atoms with Crippen LogP contribution in [-0.2, 0) is 0 Å². The highest BCUT2D eigenvalue weighted by Gasteiger charge is 2.28. The Morgan fingerprint density at radius 1 is 1.50 bits per heavy atom. The minimum absolute atomic E-state index is 0.0828. The molecule has 88 valence electrons. The van der Waals surface area contributed by atoms with Gasteiger partial charge in [-0.2, -0.15) is 0 Å². The maximum absolute atomic E-state index is 5.90. The molecular formula is C13H19BrN2. The molecule has 16 heavy (non-hydrogen) atoms. The first kappa shape index (κ1) is 11.9. The minimum Gasteiger partial charge on any atom is -0.369 e. The maximum atomic E-state index is 5.90. The lowest BCUT2D eigenvalue weighted by molar-refractivity contribution is 0.804. The zero-order valence-electron chi connectivity index (χ0n) is 9.91. The molecule has 0 saturated heterocycles. The smallest absolute Gasteiger partial charge is 0.0380 e. The fourth-order valence-corrected chi connectivity index (χ4v) is 2.83. The van der Waals surface area contributed by atoms with E-state index in [-0.39, 0.29) is 6.04 Å². The lowest BCUT2D eigenvalue weighted by Gasteiger charge is -2.24. The van der Waals surface area contributed by atoms with E-state index in [0.717, 1.165) is 17.1 Å². The summed E-state index contributed by atoms with van der Waals surface area (Å²) in [7, 11) is 0. The molecule has 1 fully saturated rings. The van der Waals surface area contributed by atoms with Crippen LogP contribution in [0.2, 0.25) is 0 Å². The van der Waals surface area contributed by atoms with E-state index < -0.39 is 0 Å². The van der Waals surface area contributed by atoms with Crippen LogP contribution in [0, 0.1) is 0 Å². The van der Waals surface area contributed by atoms with Crippen molar-refractivity contribution in [2.24, 2.45) is 5.73 Å². The molecule has 0 bridgehead atoms. The Labute approximate surface area is 106 Å². The van der Waals surface area contributed by atoms with E-state index in [0.29, 0.717) is 0 Å². The normalized spacial score (nSPS) is 17.2. The van der Waals surface area contributed by atoms with E-state index in [1.54, 1.807) is 0 Å². The van der Waals surface area contributed by atoms with Gasteiger partial charge < -0.3 is 10.6 Å². The fourth-order valence-electron chi connectivity index (χ4n) is 2.10. The van der Waals surface area contributed by atoms with Crippen molar-refractivity contribution in [3.63, 3.8) is 0 Å². The molecule has 0 radical (unpaired) electrons. The molecular weight excluding hydrogens is 264 g/mol. The van der Waals surface area contributed by atoms with Gasteiger partial charge in [-0.15, -0.1) is 0 Å². The van der Waals surface area contributed by atoms with Gasteiger partial charge in [0.15, 0.2) is 0 Å². The molecule has 2 nitrogen and oxygen atoms in total. The molecule has 1 saturated carbocycles. The molecule has 0 unspecified atom stereocenters. The van der Waals surface area contributed by atoms with E-state index in [4.69, 9.17) is 5.73 Å². The molecule has 0 aromatic heterocycles. The number of hydrogen-bond acceptors (Lipinski definition) is 2. The molecule has 1 aromatic rings. The van der Waals surface area contributed by atoms with Crippen LogP contribution in [0.1, 0.15) is 38.3 Å². The minimum atomic E-state index is 0.0828. The van der Waals surface area contributed by atoms with Gasteiger partial charge in [-0.3, -0.25) is 0 Å². The number of nitrogens with two attached hydrogens (primary N) is 1. The second-order valence-electron chi connectivity index (χ2n) is 4.51. The van der Waals surface area contributed by atoms with E-state index in [1.165, 1.54) is 24.1 Å². The predicted molar refractivity (Wildman–Crippen MR) is 72.8 cm³/mol. The molecule has 1 aliphatic carbocycles. The maximum Gasteiger partial charge on any atom is 0.0380 e. The Morgan fingerprint density at radius 2 is 2.19 bits per heavy atom. The average molecular weight is 283 g/mol. The number of hydrogen-bond donors (Lipinski definition) is 1. The summed E-state index contributed by atoms with van der Waals surface area (Å²) in [6.45, 7) is 5.30. The Kier molecular flexibility index (Phi) is 3.55. The van der Waals surface area contributed by atoms with Crippen LogP contribution in [0.15, 0.2) is 22.7 Å². The number of rotatable bonds is 4. The molecule has 1 aliphatic rings. The molecule has 0 spiro atoms. The number of nitrogens with zero attached hydrogens (tertiary/aromatic N) is 1. The first-order valence-electron chi connectivity index (χ1n) is 5.95. The van der Waals surface area contributed by atoms with Crippen LogP contribution in [-0.4, -0.2) is 12.6 Å². The summed E-state index contributed by atoms with van der Waals surface area (Å²) < 4.78 is 1.12. The summed E-state index contributed by atoms with van der Waals surface area (Å²) in [5.41, 5.74) is 8.38. The Morgan fingerprint density at radius 3 is 2.62 bits per heavy atom. The molecule has 0 heterocycles. The van der Waals surface area contributed by atoms with E-state index in [2.05, 4.69) is 46.0 Å². The zero-order chi connectivity index (χ0) is 11.7. The van der Waals surface area contributed by atoms with Crippen LogP contribution in [0.25, 0.3) is 0 Å². The van der Waals surface area contributed by atoms with Crippen molar-refractivity contribution in [1.29, 1.82) is 0 Å². The molecule has 2 rings (SSSR count). The number of halogens is 1. The first-order valence-corrected chi connectivity index (χ1v) is 6.74. The van der Waals surface area contributed by atoms with Crippen molar-refractivity contribution in [1.82, 2.24) is 0 Å². The SMILES string of the molecule is CCN(c1ccc([C@@H](C)N)c(Br)c1)C1CC1. The van der Waals surface area contributed by atoms with Crippen molar-refractivity contribution in [2.75, 3.05) is 11.4 Å². The van der Waals surface area contributed by atoms with Gasteiger partial charge >= 0.3 is 0 Å². The van der Waals surface area contributed by atoms with Gasteiger partial charge in [-0.1, -0.05) is 22.0 Å². The zero-order valence-corrected chi connectivity index (χ0v) is 11.5. The fraction of sp³-hybridized carbons (Fsp3) is 0.538. The highest BCUT2D eigenvalue weighted by Crippen LogP contribution is 2.34. The summed E-state index contributed by atoms with van der Waals surface area (Å²) in [6.07, 6.45) is 2.67. The highest BCUT2D eigenvalue weighted by atomic mass is 79.9. The first-order chi connectivity index (χ1) is 7.63. The molecule has 2 N–H and O–H groups in total. The third kappa shape index (κ3) is 2.41. The molecule has 1 atom stereocenters. The van der Waals surface area contributed by atoms with Crippen molar-refractivity contribution in [3.8, 4) is 0 Å². The van der Waals surface area contributed by atoms with E-state index >= 15 is 0 Å². The third-order valence-electron chi connectivity index (χ3n) is 3.13. The molecule has 0 aliphatic heterocycles. The Balaban J connectivity index is 2.25. The van der Waals surface area contributed by atoms with E-state index in [9.17, 15) is 0 Å². The quantitative estimate of drug-likeness (QED) is 0.917. The lowest BCUT2D eigenvalue weighted by atomic mass is 10.1. The van der Waals surface area contributed by atoms with Crippen molar-refractivity contribution in [3.05, 3.63) is 28.2 Å². The summed E-state index contributed by atoms with van der Waals surface area (Å²) in [6, 6.07) is 7.36. The van der Waals surface area contributed by atoms with Gasteiger partial charge in [0.1, 0.15) is 0 Å². The van der Waals surface area contributed by atoms with Crippen LogP contribution in [0.4, 0.5) is 5.69 Å². The van der Waals surface area contributed by atoms with E-state index in [1.807, 2.05) is 6.92 Å². The standard InChI is InChI=1S/C13H19BrN2/c1-3-16(10-4-5-10)11-6-7-12(9(2)15)13(14)8-11/h6-10H,3-5,15H2,1-2H3/t9-/m1/s1. The van der Waals surface area contributed by atoms with Crippen molar-refractivity contribution >= 4 is 21.6 Å². The predicted octanol–water partition coefficient (Wildman–Crippen LogP) is 3.46. The number of benzene rings is 1. The Bertz CT molecular complexity index is 372. The van der Waals surface area contributed by atoms with Gasteiger partial charge in [-0.25, -0.2) is 0 Å². The molecule has 3 heteroatoms. The number of anilines is 1. The van der Waals surface area contributed by atoms with Gasteiger partial charge in [0.2, 0.25) is 0 Å². The van der Waals surface area contributed by atoms with Crippen LogP contribution in [0.3, 0.4) is 0 Å². The van der Waals surface area contributed by atoms with Crippen LogP contribution in [0.5, 0.6) is 0 Å². The van der Waals surface area contributed by atoms with Gasteiger partial charge in [0, 0.05) is 28.8 Å². The van der Waals surface area contributed by atoms with Gasteiger partial charge in [0.25, 0.3) is 0 Å². The highest BCUT2D eigenvalue weighted by molar-refractivity contribution is 9.10. The summed E-state index contributed by atoms with van der Waals surface area (Å²) in [4.78, 5) is 2.47. The summed E-state index contributed by atoms with van der Waals surface area (Å²) in [5, 5.41) is 0. The topological polar surface area (TPSA) is 29.3 Å². The second kappa shape index (κ2) is 4.76. The molecule has 0 amide bonds. The summed E-state index contributed by atoms with van der Waals surface area (Å²) >= 11 is 3.61. The lowest BCUT2D eigenvalue weighted by Crippen LogP contribution is -2.25. The van der Waals surface area contributed by atoms with Crippen molar-refractivity contribution in [2.45, 2.75) is 38.8 Å². The third-order valence-corrected chi connectivity index (χ3v) is 3.82. The van der Waals surface area contributed by atoms with Crippen LogP contribution >= 0.6 is 15.9 Å². The van der Waals surface area contributed by atoms with Gasteiger partial charge in [0.05, 0.1) is 0 Å². The largest absolute Gasteiger partial charge is 0.369 e. The van der Waals surface area contributed by atoms with Gasteiger partial charge in [-0.05, 0) is 44.4 Å². The monoisotopic (exact) mass is 282 g/mol. The average Bonchev–Trinajstić information content (AvgIpc) is 3.02.